The van der Waals surface area contributed by atoms with Crippen LogP contribution in [0.2, 0.25) is 0 Å². The Balaban J connectivity index is 2.04. The normalized spacial score (nSPS) is 12.3. The second-order valence-electron chi connectivity index (χ2n) is 6.54. The number of nitrogens with two attached hydrogens (primary N) is 1. The van der Waals surface area contributed by atoms with Crippen LogP contribution in [0, 0.1) is 0 Å². The molecule has 3 aromatic rings. The number of nitrogens with one attached hydrogen (secondary N) is 1. The molecule has 0 saturated carbocycles. The van der Waals surface area contributed by atoms with E-state index in [1.54, 1.807) is 20.8 Å². The number of H-pyrrole nitrogens is 1. The van der Waals surface area contributed by atoms with Crippen LogP contribution in [0.3, 0.4) is 0 Å². The van der Waals surface area contributed by atoms with Crippen LogP contribution in [0.4, 0.5) is 0 Å². The van der Waals surface area contributed by atoms with Crippen molar-refractivity contribution in [1.29, 1.82) is 0 Å². The van der Waals surface area contributed by atoms with Crippen molar-refractivity contribution in [3.63, 3.8) is 0 Å². The first-order valence-electron chi connectivity index (χ1n) is 8.50. The molecule has 12 heteroatoms. The van der Waals surface area contributed by atoms with Gasteiger partial charge in [0.1, 0.15) is 10.1 Å². The van der Waals surface area contributed by atoms with Crippen molar-refractivity contribution in [2.45, 2.75) is 35.6 Å². The lowest BCUT2D eigenvalue weighted by Gasteiger charge is -2.20. The number of rotatable bonds is 6. The maximum absolute atomic E-state index is 12.4. The molecule has 0 saturated heterocycles. The molecule has 0 aliphatic carbocycles. The molecule has 154 valence electrons. The number of carbonyl (C=O) groups excluding carboxylic acids is 1. The summed E-state index contributed by atoms with van der Waals surface area (Å²) in [4.78, 5) is 31.6. The van der Waals surface area contributed by atoms with Crippen molar-refractivity contribution >= 4 is 38.8 Å². The topological polar surface area (TPSA) is 150 Å². The summed E-state index contributed by atoms with van der Waals surface area (Å²) in [6, 6.07) is 5.69. The molecule has 29 heavy (non-hydrogen) atoms. The van der Waals surface area contributed by atoms with Crippen molar-refractivity contribution in [2.24, 2.45) is 5.14 Å². The lowest BCUT2D eigenvalue weighted by Crippen LogP contribution is -2.30. The fourth-order valence-corrected chi connectivity index (χ4v) is 3.92. The smallest absolute Gasteiger partial charge is 0.322 e. The average molecular weight is 438 g/mol. The summed E-state index contributed by atoms with van der Waals surface area (Å²) in [7, 11) is -3.83. The lowest BCUT2D eigenvalue weighted by molar-refractivity contribution is -0.145. The Hall–Kier alpha value is -2.70. The van der Waals surface area contributed by atoms with Crippen LogP contribution in [0.25, 0.3) is 16.7 Å². The van der Waals surface area contributed by atoms with E-state index in [9.17, 15) is 18.0 Å². The molecule has 0 spiro atoms. The zero-order chi connectivity index (χ0) is 21.4. The number of esters is 1. The van der Waals surface area contributed by atoms with Gasteiger partial charge < -0.3 is 9.72 Å². The molecule has 0 radical (unpaired) electrons. The van der Waals surface area contributed by atoms with Crippen LogP contribution >= 0.6 is 11.8 Å². The molecule has 0 bridgehead atoms. The molecule has 3 N–H and O–H groups in total. The second-order valence-corrected chi connectivity index (χ2v) is 9.71. The van der Waals surface area contributed by atoms with E-state index >= 15 is 0 Å². The summed E-state index contributed by atoms with van der Waals surface area (Å²) in [5, 5.41) is 9.76. The zero-order valence-corrected chi connectivity index (χ0v) is 17.5. The molecule has 0 unspecified atom stereocenters. The third-order valence-corrected chi connectivity index (χ3v) is 5.94. The summed E-state index contributed by atoms with van der Waals surface area (Å²) in [6.45, 7) is 5.30. The number of sulfonamides is 1. The first-order valence-corrected chi connectivity index (χ1v) is 10.9. The summed E-state index contributed by atoms with van der Waals surface area (Å²) in [5.74, 6) is -0.431. The maximum atomic E-state index is 12.4. The van der Waals surface area contributed by atoms with Crippen LogP contribution in [0.5, 0.6) is 0 Å². The number of aromatic amines is 1. The van der Waals surface area contributed by atoms with E-state index in [1.165, 1.54) is 35.1 Å². The predicted octanol–water partition coefficient (Wildman–Crippen LogP) is 1.19. The van der Waals surface area contributed by atoms with E-state index in [0.717, 1.165) is 11.8 Å². The van der Waals surface area contributed by atoms with Crippen LogP contribution in [0.1, 0.15) is 20.8 Å². The highest BCUT2D eigenvalue weighted by atomic mass is 32.2. The Bertz CT molecular complexity index is 1230. The third kappa shape index (κ3) is 4.33. The zero-order valence-electron chi connectivity index (χ0n) is 15.9. The molecule has 0 amide bonds. The molecular formula is C17H19N5O5S2. The summed E-state index contributed by atoms with van der Waals surface area (Å²) in [6.07, 6.45) is 1.36. The number of nitrogens with zero attached hydrogens (tertiary/aromatic N) is 3. The second kappa shape index (κ2) is 7.61. The van der Waals surface area contributed by atoms with Crippen LogP contribution in [0.15, 0.2) is 45.3 Å². The van der Waals surface area contributed by atoms with E-state index in [1.807, 2.05) is 0 Å². The molecule has 2 aromatic heterocycles. The van der Waals surface area contributed by atoms with E-state index < -0.39 is 26.3 Å². The molecule has 0 aliphatic rings. The quantitative estimate of drug-likeness (QED) is 0.332. The highest BCUT2D eigenvalue weighted by molar-refractivity contribution is 8.01. The fourth-order valence-electron chi connectivity index (χ4n) is 2.50. The number of thioether (sulfide) groups is 1. The van der Waals surface area contributed by atoms with Gasteiger partial charge in [-0.3, -0.25) is 9.59 Å². The van der Waals surface area contributed by atoms with Crippen LogP contribution < -0.4 is 10.7 Å². The Kier molecular flexibility index (Phi) is 5.52. The average Bonchev–Trinajstić information content (AvgIpc) is 3.05. The number of carbonyl (C=O) groups is 1. The van der Waals surface area contributed by atoms with Gasteiger partial charge in [0.05, 0.1) is 23.4 Å². The summed E-state index contributed by atoms with van der Waals surface area (Å²) in [5.41, 5.74) is 0.343. The number of hydrogen-bond acceptors (Lipinski definition) is 8. The Morgan fingerprint density at radius 3 is 2.55 bits per heavy atom. The van der Waals surface area contributed by atoms with E-state index in [4.69, 9.17) is 9.88 Å². The fraction of sp³-hybridized carbons (Fsp3) is 0.294. The number of benzene rings is 1. The molecule has 1 aromatic carbocycles. The highest BCUT2D eigenvalue weighted by Gasteiger charge is 2.32. The van der Waals surface area contributed by atoms with Gasteiger partial charge in [0.25, 0.3) is 5.56 Å². The van der Waals surface area contributed by atoms with E-state index in [0.29, 0.717) is 5.69 Å². The molecular weight excluding hydrogens is 418 g/mol. The molecule has 3 rings (SSSR count). The van der Waals surface area contributed by atoms with Gasteiger partial charge >= 0.3 is 5.97 Å². The number of aromatic nitrogens is 4. The molecule has 2 heterocycles. The molecule has 0 fully saturated rings. The van der Waals surface area contributed by atoms with Gasteiger partial charge in [0.15, 0.2) is 10.8 Å². The minimum atomic E-state index is -3.83. The Morgan fingerprint density at radius 2 is 1.97 bits per heavy atom. The van der Waals surface area contributed by atoms with Crippen molar-refractivity contribution in [3.8, 4) is 5.69 Å². The SMILES string of the molecule is CCOC(=O)C(C)(C)Sc1nc2c(cnn2-c2ccc(S(N)(=O)=O)cc2)c(=O)[nH]1. The highest BCUT2D eigenvalue weighted by Crippen LogP contribution is 2.31. The minimum absolute atomic E-state index is 0.0454. The lowest BCUT2D eigenvalue weighted by atomic mass is 10.2. The molecule has 0 aliphatic heterocycles. The van der Waals surface area contributed by atoms with Crippen molar-refractivity contribution in [2.75, 3.05) is 6.61 Å². The first kappa shape index (κ1) is 21.0. The van der Waals surface area contributed by atoms with E-state index in [-0.39, 0.29) is 27.7 Å². The monoisotopic (exact) mass is 437 g/mol. The maximum Gasteiger partial charge on any atom is 0.322 e. The van der Waals surface area contributed by atoms with Crippen molar-refractivity contribution in [1.82, 2.24) is 19.7 Å². The minimum Gasteiger partial charge on any atom is -0.465 e. The van der Waals surface area contributed by atoms with Gasteiger partial charge in [-0.05, 0) is 45.0 Å². The first-order chi connectivity index (χ1) is 13.5. The predicted molar refractivity (Wildman–Crippen MR) is 107 cm³/mol. The van der Waals surface area contributed by atoms with Gasteiger partial charge in [-0.15, -0.1) is 0 Å². The van der Waals surface area contributed by atoms with Crippen LogP contribution in [-0.4, -0.2) is 45.5 Å². The van der Waals surface area contributed by atoms with Crippen molar-refractivity contribution in [3.05, 3.63) is 40.8 Å². The van der Waals surface area contributed by atoms with Crippen molar-refractivity contribution < 1.29 is 17.9 Å². The van der Waals surface area contributed by atoms with Crippen LogP contribution in [-0.2, 0) is 19.6 Å². The summed E-state index contributed by atoms with van der Waals surface area (Å²) < 4.78 is 28.3. The van der Waals surface area contributed by atoms with E-state index in [2.05, 4.69) is 15.1 Å². The number of fused-ring (bicyclic) bond motifs is 1. The molecule has 10 nitrogen and oxygen atoms in total. The van der Waals surface area contributed by atoms with Gasteiger partial charge in [-0.2, -0.15) is 5.10 Å². The number of hydrogen-bond donors (Lipinski definition) is 2. The number of ether oxygens (including phenoxy) is 1. The largest absolute Gasteiger partial charge is 0.465 e. The Labute approximate surface area is 170 Å². The number of primary sulfonamides is 1. The van der Waals surface area contributed by atoms with Gasteiger partial charge in [-0.25, -0.2) is 23.2 Å². The van der Waals surface area contributed by atoms with Gasteiger partial charge in [0.2, 0.25) is 10.0 Å². The standard InChI is InChI=1S/C17H19N5O5S2/c1-4-27-15(24)17(2,3)28-16-20-13-12(14(23)21-16)9-19-22(13)10-5-7-11(8-6-10)29(18,25)26/h5-9H,4H2,1-3H3,(H2,18,25,26)(H,20,21,23). The molecule has 0 atom stereocenters. The van der Waals surface area contributed by atoms with Gasteiger partial charge in [0, 0.05) is 0 Å². The summed E-state index contributed by atoms with van der Waals surface area (Å²) >= 11 is 1.06. The Morgan fingerprint density at radius 1 is 1.31 bits per heavy atom. The third-order valence-electron chi connectivity index (χ3n) is 3.95. The van der Waals surface area contributed by atoms with Gasteiger partial charge in [-0.1, -0.05) is 11.8 Å².